The number of ether oxygens (including phenoxy) is 2. The van der Waals surface area contributed by atoms with Gasteiger partial charge in [-0.05, 0) is 51.0 Å². The van der Waals surface area contributed by atoms with Crippen LogP contribution in [-0.2, 0) is 16.1 Å². The van der Waals surface area contributed by atoms with Crippen LogP contribution in [0, 0.1) is 0 Å². The third kappa shape index (κ3) is 4.78. The summed E-state index contributed by atoms with van der Waals surface area (Å²) in [6.45, 7) is 0.779. The van der Waals surface area contributed by atoms with Gasteiger partial charge in [-0.2, -0.15) is 5.10 Å². The number of methoxy groups -OCH3 is 1. The minimum Gasteiger partial charge on any atom is -0.497 e. The monoisotopic (exact) mass is 347 g/mol. The van der Waals surface area contributed by atoms with Crippen molar-refractivity contribution in [3.05, 3.63) is 34.9 Å². The van der Waals surface area contributed by atoms with E-state index in [1.165, 1.54) is 18.4 Å². The number of hydrogen-bond acceptors (Lipinski definition) is 5. The predicted octanol–water partition coefficient (Wildman–Crippen LogP) is 3.63. The molecule has 2 aliphatic rings. The molecule has 0 aliphatic heterocycles. The van der Waals surface area contributed by atoms with Crippen LogP contribution in [0.4, 0.5) is 5.82 Å². The minimum absolute atomic E-state index is 0.0131. The molecule has 1 heterocycles. The molecule has 0 amide bonds. The van der Waals surface area contributed by atoms with E-state index >= 15 is 0 Å². The van der Waals surface area contributed by atoms with Gasteiger partial charge in [0.05, 0.1) is 26.0 Å². The third-order valence-corrected chi connectivity index (χ3v) is 4.99. The molecule has 1 aromatic rings. The summed E-state index contributed by atoms with van der Waals surface area (Å²) >= 11 is 0. The summed E-state index contributed by atoms with van der Waals surface area (Å²) in [5.74, 6) is 2.71. The summed E-state index contributed by atoms with van der Waals surface area (Å²) in [6.07, 6.45) is 13.0. The van der Waals surface area contributed by atoms with Crippen molar-refractivity contribution in [2.75, 3.05) is 19.0 Å². The Morgan fingerprint density at radius 2 is 2.12 bits per heavy atom. The average molecular weight is 347 g/mol. The van der Waals surface area contributed by atoms with Gasteiger partial charge in [0.2, 0.25) is 0 Å². The Kier molecular flexibility index (Phi) is 6.39. The zero-order valence-corrected chi connectivity index (χ0v) is 15.0. The van der Waals surface area contributed by atoms with Crippen LogP contribution in [0.2, 0.25) is 0 Å². The standard InChI is InChI=1S/C19H29N3O3/c1-24-17-8-4-5-14(11-18(17)25-16-6-2-3-7-16)9-10-20-19-15(13-23)12-21-22-19/h11-12,16,23H,2-10,13H2,1H3,(H2,20,21,22). The van der Waals surface area contributed by atoms with Crippen LogP contribution in [-0.4, -0.2) is 35.1 Å². The molecular formula is C19H29N3O3. The summed E-state index contributed by atoms with van der Waals surface area (Å²) in [6, 6.07) is 0. The van der Waals surface area contributed by atoms with Crippen molar-refractivity contribution in [2.24, 2.45) is 0 Å². The van der Waals surface area contributed by atoms with E-state index in [4.69, 9.17) is 9.47 Å². The molecule has 138 valence electrons. The maximum Gasteiger partial charge on any atom is 0.157 e. The van der Waals surface area contributed by atoms with Crippen LogP contribution in [0.5, 0.6) is 0 Å². The Morgan fingerprint density at radius 3 is 2.88 bits per heavy atom. The van der Waals surface area contributed by atoms with Gasteiger partial charge in [-0.3, -0.25) is 5.10 Å². The topological polar surface area (TPSA) is 79.4 Å². The highest BCUT2D eigenvalue weighted by molar-refractivity contribution is 5.42. The van der Waals surface area contributed by atoms with E-state index in [9.17, 15) is 5.11 Å². The summed E-state index contributed by atoms with van der Waals surface area (Å²) in [4.78, 5) is 0. The summed E-state index contributed by atoms with van der Waals surface area (Å²) in [5.41, 5.74) is 2.17. The highest BCUT2D eigenvalue weighted by Gasteiger charge is 2.21. The van der Waals surface area contributed by atoms with Crippen LogP contribution < -0.4 is 5.32 Å². The van der Waals surface area contributed by atoms with Crippen molar-refractivity contribution >= 4 is 5.82 Å². The number of anilines is 1. The number of nitrogens with zero attached hydrogens (tertiary/aromatic N) is 1. The fourth-order valence-corrected chi connectivity index (χ4v) is 3.55. The number of hydrogen-bond donors (Lipinski definition) is 3. The Labute approximate surface area is 149 Å². The van der Waals surface area contributed by atoms with Gasteiger partial charge in [0, 0.05) is 18.5 Å². The lowest BCUT2D eigenvalue weighted by molar-refractivity contribution is 0.112. The van der Waals surface area contributed by atoms with Gasteiger partial charge in [-0.15, -0.1) is 0 Å². The lowest BCUT2D eigenvalue weighted by atomic mass is 10.1. The molecule has 3 N–H and O–H groups in total. The minimum atomic E-state index is -0.0131. The molecule has 6 nitrogen and oxygen atoms in total. The number of rotatable bonds is 8. The highest BCUT2D eigenvalue weighted by atomic mass is 16.5. The Hall–Kier alpha value is -1.95. The van der Waals surface area contributed by atoms with Gasteiger partial charge < -0.3 is 19.9 Å². The predicted molar refractivity (Wildman–Crippen MR) is 96.9 cm³/mol. The van der Waals surface area contributed by atoms with E-state index in [1.54, 1.807) is 13.3 Å². The second-order valence-corrected chi connectivity index (χ2v) is 6.78. The average Bonchev–Trinajstić information content (AvgIpc) is 3.25. The SMILES string of the molecule is COC1=C(OC2CCCC2)C=C(CCNc2[nH]ncc2CO)CCC1. The van der Waals surface area contributed by atoms with Crippen molar-refractivity contribution in [1.82, 2.24) is 10.2 Å². The van der Waals surface area contributed by atoms with Gasteiger partial charge in [0.25, 0.3) is 0 Å². The largest absolute Gasteiger partial charge is 0.497 e. The lowest BCUT2D eigenvalue weighted by Crippen LogP contribution is -2.09. The van der Waals surface area contributed by atoms with E-state index in [0.717, 1.165) is 68.0 Å². The Morgan fingerprint density at radius 1 is 1.28 bits per heavy atom. The zero-order valence-electron chi connectivity index (χ0n) is 15.0. The smallest absolute Gasteiger partial charge is 0.157 e. The Bertz CT molecular complexity index is 615. The second kappa shape index (κ2) is 8.94. The second-order valence-electron chi connectivity index (χ2n) is 6.78. The number of aromatic amines is 1. The number of aliphatic hydroxyl groups is 1. The molecule has 0 bridgehead atoms. The van der Waals surface area contributed by atoms with E-state index < -0.39 is 0 Å². The lowest BCUT2D eigenvalue weighted by Gasteiger charge is -2.17. The van der Waals surface area contributed by atoms with Gasteiger partial charge in [-0.25, -0.2) is 0 Å². The molecule has 0 radical (unpaired) electrons. The van der Waals surface area contributed by atoms with E-state index in [0.29, 0.717) is 6.10 Å². The fourth-order valence-electron chi connectivity index (χ4n) is 3.55. The zero-order chi connectivity index (χ0) is 17.5. The van der Waals surface area contributed by atoms with Crippen LogP contribution >= 0.6 is 0 Å². The highest BCUT2D eigenvalue weighted by Crippen LogP contribution is 2.30. The first-order chi connectivity index (χ1) is 12.3. The quantitative estimate of drug-likeness (QED) is 0.669. The normalized spacial score (nSPS) is 18.9. The summed E-state index contributed by atoms with van der Waals surface area (Å²) in [7, 11) is 1.74. The van der Waals surface area contributed by atoms with Crippen LogP contribution in [0.3, 0.4) is 0 Å². The van der Waals surface area contributed by atoms with Crippen molar-refractivity contribution in [1.29, 1.82) is 0 Å². The molecule has 3 rings (SSSR count). The molecule has 0 atom stereocenters. The van der Waals surface area contributed by atoms with Gasteiger partial charge in [0.15, 0.2) is 5.76 Å². The molecule has 0 unspecified atom stereocenters. The third-order valence-electron chi connectivity index (χ3n) is 4.99. The first kappa shape index (κ1) is 17.9. The van der Waals surface area contributed by atoms with Crippen molar-refractivity contribution in [3.63, 3.8) is 0 Å². The molecule has 1 fully saturated rings. The number of nitrogens with one attached hydrogen (secondary N) is 2. The molecule has 0 spiro atoms. The molecule has 0 saturated heterocycles. The first-order valence-corrected chi connectivity index (χ1v) is 9.30. The number of aromatic nitrogens is 2. The number of allylic oxidation sites excluding steroid dienone is 2. The fraction of sp³-hybridized carbons (Fsp3) is 0.632. The van der Waals surface area contributed by atoms with Crippen LogP contribution in [0.25, 0.3) is 0 Å². The molecule has 1 aromatic heterocycles. The Balaban J connectivity index is 1.61. The molecule has 6 heteroatoms. The van der Waals surface area contributed by atoms with Crippen LogP contribution in [0.15, 0.2) is 29.4 Å². The van der Waals surface area contributed by atoms with Gasteiger partial charge >= 0.3 is 0 Å². The molecule has 0 aromatic carbocycles. The maximum atomic E-state index is 9.27. The molecule has 1 saturated carbocycles. The maximum absolute atomic E-state index is 9.27. The molecular weight excluding hydrogens is 318 g/mol. The van der Waals surface area contributed by atoms with Crippen molar-refractivity contribution in [2.45, 2.75) is 64.1 Å². The van der Waals surface area contributed by atoms with Gasteiger partial charge in [-0.1, -0.05) is 5.57 Å². The number of aliphatic hydroxyl groups excluding tert-OH is 1. The van der Waals surface area contributed by atoms with Crippen molar-refractivity contribution < 1.29 is 14.6 Å². The summed E-state index contributed by atoms with van der Waals surface area (Å²) in [5, 5.41) is 19.4. The van der Waals surface area contributed by atoms with E-state index in [1.807, 2.05) is 0 Å². The van der Waals surface area contributed by atoms with Gasteiger partial charge in [0.1, 0.15) is 11.6 Å². The van der Waals surface area contributed by atoms with Crippen LogP contribution in [0.1, 0.15) is 56.9 Å². The van der Waals surface area contributed by atoms with E-state index in [-0.39, 0.29) is 6.61 Å². The van der Waals surface area contributed by atoms with Crippen molar-refractivity contribution in [3.8, 4) is 0 Å². The molecule has 25 heavy (non-hydrogen) atoms. The first-order valence-electron chi connectivity index (χ1n) is 9.30. The number of H-pyrrole nitrogens is 1. The van der Waals surface area contributed by atoms with E-state index in [2.05, 4.69) is 21.6 Å². The molecule has 2 aliphatic carbocycles. The summed E-state index contributed by atoms with van der Waals surface area (Å²) < 4.78 is 11.9.